The van der Waals surface area contributed by atoms with Crippen LogP contribution in [0.5, 0.6) is 0 Å². The third-order valence-corrected chi connectivity index (χ3v) is 6.53. The van der Waals surface area contributed by atoms with Crippen LogP contribution in [-0.4, -0.2) is 30.3 Å². The molecule has 3 aromatic heterocycles. The minimum Gasteiger partial charge on any atom is -0.397 e. The number of aromatic amines is 1. The summed E-state index contributed by atoms with van der Waals surface area (Å²) >= 11 is 6.12. The third-order valence-electron chi connectivity index (χ3n) is 6.28. The molecule has 190 valence electrons. The van der Waals surface area contributed by atoms with E-state index >= 15 is 0 Å². The van der Waals surface area contributed by atoms with Gasteiger partial charge in [-0.1, -0.05) is 48.0 Å². The minimum atomic E-state index is -0.379. The monoisotopic (exact) mass is 532 g/mol. The van der Waals surface area contributed by atoms with Gasteiger partial charge in [-0.05, 0) is 48.5 Å². The van der Waals surface area contributed by atoms with Gasteiger partial charge in [-0.2, -0.15) is 0 Å². The highest BCUT2D eigenvalue weighted by molar-refractivity contribution is 6.30. The molecule has 0 amide bonds. The quantitative estimate of drug-likeness (QED) is 0.180. The Morgan fingerprint density at radius 3 is 2.31 bits per heavy atom. The fourth-order valence-corrected chi connectivity index (χ4v) is 4.46. The number of imidazole rings is 1. The van der Waals surface area contributed by atoms with Crippen LogP contribution in [0.1, 0.15) is 5.56 Å². The second-order valence-electron chi connectivity index (χ2n) is 8.88. The van der Waals surface area contributed by atoms with Gasteiger partial charge in [0.1, 0.15) is 17.5 Å². The van der Waals surface area contributed by atoms with E-state index in [1.54, 1.807) is 47.2 Å². The average Bonchev–Trinajstić information content (AvgIpc) is 3.34. The van der Waals surface area contributed by atoms with Crippen LogP contribution in [-0.2, 0) is 0 Å². The zero-order chi connectivity index (χ0) is 27.1. The van der Waals surface area contributed by atoms with Gasteiger partial charge < -0.3 is 16.5 Å². The van der Waals surface area contributed by atoms with E-state index in [9.17, 15) is 4.79 Å². The number of amidine groups is 1. The summed E-state index contributed by atoms with van der Waals surface area (Å²) in [6.07, 6.45) is 1.61. The maximum atomic E-state index is 13.3. The third kappa shape index (κ3) is 4.51. The SMILES string of the molecule is N=C(N)c1cccc(-n2c(-c3ccc(Cl)cc3)nc3c(=O)[nH]c(-c4ccc(-c5ccc(N)cn5)cc4)nc32)c1. The first kappa shape index (κ1) is 24.1. The molecule has 9 nitrogen and oxygen atoms in total. The summed E-state index contributed by atoms with van der Waals surface area (Å²) < 4.78 is 1.79. The number of pyridine rings is 1. The Bertz CT molecular complexity index is 1910. The lowest BCUT2D eigenvalue weighted by Crippen LogP contribution is -2.12. The number of benzene rings is 3. The molecule has 0 atom stereocenters. The minimum absolute atomic E-state index is 0.0727. The molecule has 0 spiro atoms. The zero-order valence-corrected chi connectivity index (χ0v) is 21.1. The summed E-state index contributed by atoms with van der Waals surface area (Å²) in [6.45, 7) is 0. The van der Waals surface area contributed by atoms with E-state index in [1.165, 1.54) is 0 Å². The molecule has 39 heavy (non-hydrogen) atoms. The molecular weight excluding hydrogens is 512 g/mol. The first-order valence-corrected chi connectivity index (χ1v) is 12.3. The van der Waals surface area contributed by atoms with Crippen LogP contribution in [0, 0.1) is 5.41 Å². The molecule has 3 aromatic carbocycles. The summed E-state index contributed by atoms with van der Waals surface area (Å²) in [5.74, 6) is 0.814. The van der Waals surface area contributed by atoms with Crippen LogP contribution >= 0.6 is 11.6 Å². The maximum absolute atomic E-state index is 13.3. The van der Waals surface area contributed by atoms with Gasteiger partial charge in [-0.15, -0.1) is 0 Å². The molecule has 6 rings (SSSR count). The molecular formula is C29H21ClN8O. The van der Waals surface area contributed by atoms with Gasteiger partial charge in [0.15, 0.2) is 11.2 Å². The molecule has 0 saturated carbocycles. The van der Waals surface area contributed by atoms with Crippen LogP contribution < -0.4 is 17.0 Å². The smallest absolute Gasteiger partial charge is 0.279 e. The average molecular weight is 533 g/mol. The highest BCUT2D eigenvalue weighted by atomic mass is 35.5. The second-order valence-corrected chi connectivity index (χ2v) is 9.32. The Labute approximate surface area is 227 Å². The van der Waals surface area contributed by atoms with Crippen molar-refractivity contribution in [2.24, 2.45) is 5.73 Å². The summed E-state index contributed by atoms with van der Waals surface area (Å²) in [6, 6.07) is 25.5. The number of nitrogens with zero attached hydrogens (tertiary/aromatic N) is 4. The second kappa shape index (κ2) is 9.55. The molecule has 0 fully saturated rings. The van der Waals surface area contributed by atoms with Crippen molar-refractivity contribution in [1.82, 2.24) is 24.5 Å². The first-order chi connectivity index (χ1) is 18.9. The Morgan fingerprint density at radius 1 is 0.897 bits per heavy atom. The Balaban J connectivity index is 1.54. The van der Waals surface area contributed by atoms with E-state index in [1.807, 2.05) is 48.5 Å². The Kier molecular flexibility index (Phi) is 5.90. The number of rotatable bonds is 5. The van der Waals surface area contributed by atoms with Crippen LogP contribution in [0.15, 0.2) is 95.9 Å². The lowest BCUT2D eigenvalue weighted by atomic mass is 10.1. The van der Waals surface area contributed by atoms with E-state index in [0.717, 1.165) is 16.8 Å². The molecule has 0 radical (unpaired) electrons. The van der Waals surface area contributed by atoms with Crippen molar-refractivity contribution < 1.29 is 0 Å². The zero-order valence-electron chi connectivity index (χ0n) is 20.4. The number of halogens is 1. The van der Waals surface area contributed by atoms with Gasteiger partial charge in [-0.3, -0.25) is 19.8 Å². The number of nitrogen functional groups attached to an aromatic ring is 2. The van der Waals surface area contributed by atoms with Gasteiger partial charge >= 0.3 is 0 Å². The molecule has 6 aromatic rings. The number of H-pyrrole nitrogens is 1. The molecule has 0 aliphatic heterocycles. The van der Waals surface area contributed by atoms with Crippen molar-refractivity contribution in [3.8, 4) is 39.7 Å². The fourth-order valence-electron chi connectivity index (χ4n) is 4.33. The number of aromatic nitrogens is 5. The molecule has 0 aliphatic carbocycles. The number of hydrogen-bond acceptors (Lipinski definition) is 6. The van der Waals surface area contributed by atoms with Crippen molar-refractivity contribution >= 4 is 34.3 Å². The standard InChI is InChI=1S/C29H21ClN8O/c30-20-10-8-18(9-11-20)27-35-24-28(38(27)22-3-1-2-19(14-22)25(32)33)36-26(37-29(24)39)17-6-4-16(5-7-17)23-13-12-21(31)15-34-23/h1-15H,31H2,(H3,32,33)(H,36,37,39). The van der Waals surface area contributed by atoms with Crippen LogP contribution in [0.4, 0.5) is 5.69 Å². The van der Waals surface area contributed by atoms with Crippen molar-refractivity contribution in [3.05, 3.63) is 112 Å². The molecule has 3 heterocycles. The molecule has 0 aliphatic rings. The normalized spacial score (nSPS) is 11.1. The molecule has 6 N–H and O–H groups in total. The lowest BCUT2D eigenvalue weighted by Gasteiger charge is -2.11. The van der Waals surface area contributed by atoms with E-state index in [4.69, 9.17) is 33.5 Å². The van der Waals surface area contributed by atoms with E-state index < -0.39 is 0 Å². The molecule has 10 heteroatoms. The van der Waals surface area contributed by atoms with Crippen LogP contribution in [0.2, 0.25) is 5.02 Å². The van der Waals surface area contributed by atoms with Gasteiger partial charge in [0.2, 0.25) is 0 Å². The summed E-state index contributed by atoms with van der Waals surface area (Å²) in [5.41, 5.74) is 16.6. The molecule has 0 unspecified atom stereocenters. The Hall–Kier alpha value is -5.28. The van der Waals surface area contributed by atoms with Gasteiger partial charge in [0, 0.05) is 33.0 Å². The summed E-state index contributed by atoms with van der Waals surface area (Å²) in [5, 5.41) is 8.47. The predicted octanol–water partition coefficient (Wildman–Crippen LogP) is 5.02. The van der Waals surface area contributed by atoms with Crippen LogP contribution in [0.25, 0.3) is 50.9 Å². The summed E-state index contributed by atoms with van der Waals surface area (Å²) in [7, 11) is 0. The highest BCUT2D eigenvalue weighted by Crippen LogP contribution is 2.29. The van der Waals surface area contributed by atoms with Crippen molar-refractivity contribution in [2.75, 3.05) is 5.73 Å². The molecule has 0 saturated heterocycles. The van der Waals surface area contributed by atoms with Gasteiger partial charge in [-0.25, -0.2) is 9.97 Å². The van der Waals surface area contributed by atoms with Crippen molar-refractivity contribution in [1.29, 1.82) is 5.41 Å². The topological polar surface area (TPSA) is 152 Å². The number of fused-ring (bicyclic) bond motifs is 1. The maximum Gasteiger partial charge on any atom is 0.279 e. The number of nitrogens with two attached hydrogens (primary N) is 2. The summed E-state index contributed by atoms with van der Waals surface area (Å²) in [4.78, 5) is 30.0. The van der Waals surface area contributed by atoms with Crippen LogP contribution in [0.3, 0.4) is 0 Å². The fraction of sp³-hybridized carbons (Fsp3) is 0. The lowest BCUT2D eigenvalue weighted by molar-refractivity contribution is 1.06. The van der Waals surface area contributed by atoms with Gasteiger partial charge in [0.25, 0.3) is 5.56 Å². The number of hydrogen-bond donors (Lipinski definition) is 4. The highest BCUT2D eigenvalue weighted by Gasteiger charge is 2.20. The van der Waals surface area contributed by atoms with Crippen molar-refractivity contribution in [3.63, 3.8) is 0 Å². The van der Waals surface area contributed by atoms with Gasteiger partial charge in [0.05, 0.1) is 17.6 Å². The number of nitrogens with one attached hydrogen (secondary N) is 2. The first-order valence-electron chi connectivity index (χ1n) is 11.9. The van der Waals surface area contributed by atoms with E-state index in [-0.39, 0.29) is 16.9 Å². The number of anilines is 1. The van der Waals surface area contributed by atoms with Crippen molar-refractivity contribution in [2.45, 2.75) is 0 Å². The van der Waals surface area contributed by atoms with E-state index in [0.29, 0.717) is 44.8 Å². The van der Waals surface area contributed by atoms with E-state index in [2.05, 4.69) is 15.0 Å². The molecule has 0 bridgehead atoms. The largest absolute Gasteiger partial charge is 0.397 e. The predicted molar refractivity (Wildman–Crippen MR) is 154 cm³/mol. The Morgan fingerprint density at radius 2 is 1.62 bits per heavy atom.